The van der Waals surface area contributed by atoms with E-state index in [1.807, 2.05) is 20.8 Å². The molecule has 2 amide bonds. The van der Waals surface area contributed by atoms with Crippen LogP contribution in [0, 0.1) is 11.7 Å². The number of rotatable bonds is 10. The van der Waals surface area contributed by atoms with E-state index in [-0.39, 0.29) is 35.9 Å². The second-order valence-electron chi connectivity index (χ2n) is 8.79. The van der Waals surface area contributed by atoms with Crippen LogP contribution in [0.25, 0.3) is 11.2 Å². The molecular formula is C24H31FN6O4. The number of aryl methyl sites for hydroxylation is 2. The highest BCUT2D eigenvalue weighted by Crippen LogP contribution is 2.18. The van der Waals surface area contributed by atoms with Crippen molar-refractivity contribution in [2.45, 2.75) is 59.5 Å². The lowest BCUT2D eigenvalue weighted by atomic mass is 10.1. The summed E-state index contributed by atoms with van der Waals surface area (Å²) in [6, 6.07) is 3.76. The quantitative estimate of drug-likeness (QED) is 0.405. The Labute approximate surface area is 201 Å². The number of aromatic nitrogens is 4. The summed E-state index contributed by atoms with van der Waals surface area (Å²) in [5, 5.41) is 5.02. The molecule has 0 bridgehead atoms. The summed E-state index contributed by atoms with van der Waals surface area (Å²) >= 11 is 0. The van der Waals surface area contributed by atoms with Gasteiger partial charge >= 0.3 is 5.69 Å². The second-order valence-corrected chi connectivity index (χ2v) is 8.79. The number of imidazole rings is 1. The summed E-state index contributed by atoms with van der Waals surface area (Å²) in [5.74, 6) is -0.933. The third kappa shape index (κ3) is 5.84. The van der Waals surface area contributed by atoms with Crippen molar-refractivity contribution in [3.63, 3.8) is 0 Å². The molecule has 0 saturated heterocycles. The van der Waals surface area contributed by atoms with Crippen LogP contribution in [0.2, 0.25) is 0 Å². The topological polar surface area (TPSA) is 131 Å². The zero-order valence-corrected chi connectivity index (χ0v) is 20.4. The fraction of sp³-hybridized carbons (Fsp3) is 0.458. The molecule has 2 heterocycles. The van der Waals surface area contributed by atoms with Gasteiger partial charge in [0.05, 0.1) is 5.56 Å². The lowest BCUT2D eigenvalue weighted by Gasteiger charge is -2.12. The molecule has 0 aliphatic carbocycles. The van der Waals surface area contributed by atoms with Crippen molar-refractivity contribution in [3.05, 3.63) is 56.2 Å². The Morgan fingerprint density at radius 2 is 1.94 bits per heavy atom. The summed E-state index contributed by atoms with van der Waals surface area (Å²) < 4.78 is 17.1. The number of carbonyl (C=O) groups excluding carboxylic acids is 2. The number of fused-ring (bicyclic) bond motifs is 1. The van der Waals surface area contributed by atoms with Gasteiger partial charge in [-0.3, -0.25) is 23.9 Å². The van der Waals surface area contributed by atoms with Crippen LogP contribution in [0.1, 0.15) is 56.2 Å². The number of nitrogens with one attached hydrogen (secondary N) is 3. The van der Waals surface area contributed by atoms with E-state index in [0.717, 1.165) is 18.9 Å². The number of carbonyl (C=O) groups is 2. The van der Waals surface area contributed by atoms with Gasteiger partial charge in [-0.1, -0.05) is 27.2 Å². The van der Waals surface area contributed by atoms with Crippen LogP contribution in [0.3, 0.4) is 0 Å². The van der Waals surface area contributed by atoms with Gasteiger partial charge in [0.1, 0.15) is 11.6 Å². The molecular weight excluding hydrogens is 455 g/mol. The van der Waals surface area contributed by atoms with Crippen molar-refractivity contribution < 1.29 is 14.0 Å². The molecule has 0 unspecified atom stereocenters. The van der Waals surface area contributed by atoms with E-state index in [1.165, 1.54) is 23.7 Å². The van der Waals surface area contributed by atoms with E-state index in [0.29, 0.717) is 30.1 Å². The van der Waals surface area contributed by atoms with E-state index >= 15 is 0 Å². The first kappa shape index (κ1) is 25.9. The predicted molar refractivity (Wildman–Crippen MR) is 131 cm³/mol. The Morgan fingerprint density at radius 1 is 1.20 bits per heavy atom. The van der Waals surface area contributed by atoms with Crippen molar-refractivity contribution in [2.75, 3.05) is 12.4 Å². The average Bonchev–Trinajstić information content (AvgIpc) is 3.16. The molecule has 1 aromatic carbocycles. The maximum atomic E-state index is 13.9. The number of unbranched alkanes of at least 4 members (excludes halogenated alkanes) is 1. The standard InChI is InChI=1S/C24H31FN6O4/c1-5-6-11-30-21-20(23(34)29-24(30)35)31(13-14(2)3)18(28-21)9-10-19(32)27-15-7-8-17(25)16(12-15)22(33)26-4/h7-8,12,14H,5-6,9-11,13H2,1-4H3,(H,26,33)(H,27,32)(H,29,34,35). The van der Waals surface area contributed by atoms with Crippen molar-refractivity contribution in [1.82, 2.24) is 24.4 Å². The number of H-pyrrole nitrogens is 1. The second kappa shape index (κ2) is 11.1. The van der Waals surface area contributed by atoms with Crippen molar-refractivity contribution in [2.24, 2.45) is 5.92 Å². The van der Waals surface area contributed by atoms with Crippen molar-refractivity contribution in [3.8, 4) is 0 Å². The van der Waals surface area contributed by atoms with Crippen LogP contribution in [0.5, 0.6) is 0 Å². The summed E-state index contributed by atoms with van der Waals surface area (Å²) in [4.78, 5) is 56.6. The number of anilines is 1. The number of nitrogens with zero attached hydrogens (tertiary/aromatic N) is 3. The largest absolute Gasteiger partial charge is 0.355 e. The molecule has 3 N–H and O–H groups in total. The lowest BCUT2D eigenvalue weighted by Crippen LogP contribution is -2.31. The molecule has 0 atom stereocenters. The number of benzene rings is 1. The molecule has 0 aliphatic rings. The normalized spacial score (nSPS) is 11.3. The summed E-state index contributed by atoms with van der Waals surface area (Å²) in [5.41, 5.74) is -0.258. The third-order valence-corrected chi connectivity index (χ3v) is 5.55. The van der Waals surface area contributed by atoms with E-state index in [2.05, 4.69) is 20.6 Å². The number of hydrogen-bond donors (Lipinski definition) is 3. The van der Waals surface area contributed by atoms with Gasteiger partial charge in [0, 0.05) is 38.7 Å². The molecule has 35 heavy (non-hydrogen) atoms. The maximum absolute atomic E-state index is 13.9. The Kier molecular flexibility index (Phi) is 8.21. The van der Waals surface area contributed by atoms with Crippen LogP contribution in [-0.2, 0) is 24.3 Å². The summed E-state index contributed by atoms with van der Waals surface area (Å²) in [6.45, 7) is 6.94. The van der Waals surface area contributed by atoms with Gasteiger partial charge in [-0.05, 0) is 30.5 Å². The first-order valence-electron chi connectivity index (χ1n) is 11.7. The molecule has 0 saturated carbocycles. The van der Waals surface area contributed by atoms with Gasteiger partial charge in [-0.2, -0.15) is 0 Å². The number of halogens is 1. The zero-order valence-electron chi connectivity index (χ0n) is 20.4. The molecule has 3 aromatic rings. The molecule has 0 spiro atoms. The Morgan fingerprint density at radius 3 is 2.60 bits per heavy atom. The lowest BCUT2D eigenvalue weighted by molar-refractivity contribution is -0.116. The van der Waals surface area contributed by atoms with Gasteiger partial charge in [-0.15, -0.1) is 0 Å². The molecule has 11 heteroatoms. The predicted octanol–water partition coefficient (Wildman–Crippen LogP) is 2.41. The van der Waals surface area contributed by atoms with E-state index in [1.54, 1.807) is 4.57 Å². The summed E-state index contributed by atoms with van der Waals surface area (Å²) in [6.07, 6.45) is 1.88. The van der Waals surface area contributed by atoms with Crippen LogP contribution in [0.15, 0.2) is 27.8 Å². The maximum Gasteiger partial charge on any atom is 0.330 e. The van der Waals surface area contributed by atoms with E-state index in [9.17, 15) is 23.6 Å². The monoisotopic (exact) mass is 486 g/mol. The van der Waals surface area contributed by atoms with Crippen molar-refractivity contribution >= 4 is 28.7 Å². The summed E-state index contributed by atoms with van der Waals surface area (Å²) in [7, 11) is 1.39. The Balaban J connectivity index is 1.89. The molecule has 0 aliphatic heterocycles. The van der Waals surface area contributed by atoms with Gasteiger partial charge in [0.25, 0.3) is 11.5 Å². The van der Waals surface area contributed by atoms with Crippen molar-refractivity contribution in [1.29, 1.82) is 0 Å². The van der Waals surface area contributed by atoms with E-state index < -0.39 is 23.0 Å². The third-order valence-electron chi connectivity index (χ3n) is 5.55. The average molecular weight is 487 g/mol. The smallest absolute Gasteiger partial charge is 0.330 e. The highest BCUT2D eigenvalue weighted by Gasteiger charge is 2.20. The van der Waals surface area contributed by atoms with Gasteiger partial charge in [-0.25, -0.2) is 14.2 Å². The molecule has 10 nitrogen and oxygen atoms in total. The van der Waals surface area contributed by atoms with Gasteiger partial charge in [0.15, 0.2) is 11.2 Å². The number of hydrogen-bond acceptors (Lipinski definition) is 5. The molecule has 2 aromatic heterocycles. The Bertz CT molecular complexity index is 1350. The van der Waals surface area contributed by atoms with Gasteiger partial charge < -0.3 is 15.2 Å². The van der Waals surface area contributed by atoms with Crippen LogP contribution in [-0.4, -0.2) is 38.0 Å². The van der Waals surface area contributed by atoms with Gasteiger partial charge in [0.2, 0.25) is 5.91 Å². The minimum Gasteiger partial charge on any atom is -0.355 e. The zero-order chi connectivity index (χ0) is 25.7. The van der Waals surface area contributed by atoms with Crippen LogP contribution >= 0.6 is 0 Å². The number of aromatic amines is 1. The first-order chi connectivity index (χ1) is 16.7. The molecule has 0 radical (unpaired) electrons. The number of amides is 2. The minimum atomic E-state index is -0.691. The van der Waals surface area contributed by atoms with Crippen LogP contribution < -0.4 is 21.9 Å². The molecule has 3 rings (SSSR count). The fourth-order valence-electron chi connectivity index (χ4n) is 3.85. The van der Waals surface area contributed by atoms with E-state index in [4.69, 9.17) is 0 Å². The van der Waals surface area contributed by atoms with Crippen LogP contribution in [0.4, 0.5) is 10.1 Å². The highest BCUT2D eigenvalue weighted by molar-refractivity contribution is 5.97. The molecule has 0 fully saturated rings. The fourth-order valence-corrected chi connectivity index (χ4v) is 3.85. The first-order valence-corrected chi connectivity index (χ1v) is 11.7. The Hall–Kier alpha value is -3.76. The minimum absolute atomic E-state index is 0.0329. The SMILES string of the molecule is CCCCn1c(=O)[nH]c(=O)c2c1nc(CCC(=O)Nc1ccc(F)c(C(=O)NC)c1)n2CC(C)C. The molecule has 188 valence electrons. The highest BCUT2D eigenvalue weighted by atomic mass is 19.1.